The molecule has 1 aromatic carbocycles. The largest absolute Gasteiger partial charge is 0.496 e. The van der Waals surface area contributed by atoms with Crippen LogP contribution in [0.2, 0.25) is 0 Å². The number of aromatic nitrogens is 1. The van der Waals surface area contributed by atoms with Crippen LogP contribution in [0.25, 0.3) is 10.6 Å². The monoisotopic (exact) mass is 276 g/mol. The van der Waals surface area contributed by atoms with Gasteiger partial charge in [0.15, 0.2) is 0 Å². The molecule has 19 heavy (non-hydrogen) atoms. The zero-order valence-electron chi connectivity index (χ0n) is 11.9. The highest BCUT2D eigenvalue weighted by Gasteiger charge is 2.11. The van der Waals surface area contributed by atoms with Gasteiger partial charge in [0.2, 0.25) is 0 Å². The third kappa shape index (κ3) is 3.14. The van der Waals surface area contributed by atoms with Crippen LogP contribution in [0, 0.1) is 6.92 Å². The van der Waals surface area contributed by atoms with Crippen LogP contribution in [0.3, 0.4) is 0 Å². The predicted octanol–water partition coefficient (Wildman–Crippen LogP) is 3.80. The Morgan fingerprint density at radius 1 is 1.42 bits per heavy atom. The first-order valence-electron chi connectivity index (χ1n) is 6.49. The highest BCUT2D eigenvalue weighted by molar-refractivity contribution is 7.15. The van der Waals surface area contributed by atoms with Gasteiger partial charge in [-0.2, -0.15) is 0 Å². The molecule has 3 nitrogen and oxygen atoms in total. The second-order valence-electron chi connectivity index (χ2n) is 4.53. The molecule has 1 unspecified atom stereocenters. The standard InChI is InChI=1S/C15H20N2OS/c1-5-16-11(3)14-9-17-15(19-14)12-6-7-13(18-4)10(2)8-12/h6-9,11,16H,5H2,1-4H3. The van der Waals surface area contributed by atoms with Crippen LogP contribution in [0.15, 0.2) is 24.4 Å². The van der Waals surface area contributed by atoms with E-state index in [4.69, 9.17) is 4.74 Å². The molecule has 0 aliphatic rings. The van der Waals surface area contributed by atoms with E-state index < -0.39 is 0 Å². The van der Waals surface area contributed by atoms with Gasteiger partial charge in [0, 0.05) is 22.7 Å². The van der Waals surface area contributed by atoms with E-state index in [9.17, 15) is 0 Å². The average molecular weight is 276 g/mol. The van der Waals surface area contributed by atoms with Crippen molar-refractivity contribution in [1.29, 1.82) is 0 Å². The van der Waals surface area contributed by atoms with Gasteiger partial charge >= 0.3 is 0 Å². The smallest absolute Gasteiger partial charge is 0.123 e. The molecule has 0 radical (unpaired) electrons. The van der Waals surface area contributed by atoms with Gasteiger partial charge in [-0.1, -0.05) is 6.92 Å². The second-order valence-corrected chi connectivity index (χ2v) is 5.59. The molecule has 2 aromatic rings. The summed E-state index contributed by atoms with van der Waals surface area (Å²) >= 11 is 1.74. The van der Waals surface area contributed by atoms with Gasteiger partial charge in [-0.15, -0.1) is 11.3 Å². The molecular formula is C15H20N2OS. The van der Waals surface area contributed by atoms with Crippen LogP contribution in [-0.2, 0) is 0 Å². The van der Waals surface area contributed by atoms with Crippen LogP contribution >= 0.6 is 11.3 Å². The quantitative estimate of drug-likeness (QED) is 0.902. The SMILES string of the molecule is CCNC(C)c1cnc(-c2ccc(OC)c(C)c2)s1. The van der Waals surface area contributed by atoms with Crippen molar-refractivity contribution in [2.45, 2.75) is 26.8 Å². The number of nitrogens with one attached hydrogen (secondary N) is 1. The summed E-state index contributed by atoms with van der Waals surface area (Å²) in [6.45, 7) is 7.31. The number of nitrogens with zero attached hydrogens (tertiary/aromatic N) is 1. The third-order valence-corrected chi connectivity index (χ3v) is 4.33. The Labute approximate surface area is 118 Å². The molecule has 0 aliphatic carbocycles. The number of hydrogen-bond donors (Lipinski definition) is 1. The third-order valence-electron chi connectivity index (χ3n) is 3.10. The molecular weight excluding hydrogens is 256 g/mol. The van der Waals surface area contributed by atoms with E-state index in [-0.39, 0.29) is 0 Å². The van der Waals surface area contributed by atoms with Crippen LogP contribution in [0.5, 0.6) is 5.75 Å². The van der Waals surface area contributed by atoms with Gasteiger partial charge in [0.05, 0.1) is 7.11 Å². The predicted molar refractivity (Wildman–Crippen MR) is 80.9 cm³/mol. The fourth-order valence-electron chi connectivity index (χ4n) is 2.04. The number of hydrogen-bond acceptors (Lipinski definition) is 4. The molecule has 0 fully saturated rings. The minimum Gasteiger partial charge on any atom is -0.496 e. The van der Waals surface area contributed by atoms with E-state index in [0.717, 1.165) is 28.4 Å². The maximum Gasteiger partial charge on any atom is 0.123 e. The van der Waals surface area contributed by atoms with Crippen molar-refractivity contribution in [2.24, 2.45) is 0 Å². The topological polar surface area (TPSA) is 34.2 Å². The Bertz CT molecular complexity index is 551. The fourth-order valence-corrected chi connectivity index (χ4v) is 2.98. The van der Waals surface area contributed by atoms with Gasteiger partial charge in [-0.25, -0.2) is 4.98 Å². The summed E-state index contributed by atoms with van der Waals surface area (Å²) in [4.78, 5) is 5.79. The van der Waals surface area contributed by atoms with E-state index in [1.54, 1.807) is 18.4 Å². The van der Waals surface area contributed by atoms with E-state index in [1.165, 1.54) is 4.88 Å². The summed E-state index contributed by atoms with van der Waals surface area (Å²) in [6, 6.07) is 6.54. The molecule has 4 heteroatoms. The average Bonchev–Trinajstić information content (AvgIpc) is 2.88. The fraction of sp³-hybridized carbons (Fsp3) is 0.400. The molecule has 1 aromatic heterocycles. The molecule has 102 valence electrons. The van der Waals surface area contributed by atoms with E-state index in [1.807, 2.05) is 12.3 Å². The molecule has 1 atom stereocenters. The van der Waals surface area contributed by atoms with Crippen molar-refractivity contribution in [3.63, 3.8) is 0 Å². The number of thiazole rings is 1. The van der Waals surface area contributed by atoms with Crippen LogP contribution in [-0.4, -0.2) is 18.6 Å². The first-order chi connectivity index (χ1) is 9.15. The van der Waals surface area contributed by atoms with Gasteiger partial charge in [-0.3, -0.25) is 0 Å². The summed E-state index contributed by atoms with van der Waals surface area (Å²) in [5.41, 5.74) is 2.29. The number of benzene rings is 1. The zero-order chi connectivity index (χ0) is 13.8. The Hall–Kier alpha value is -1.39. The molecule has 0 aliphatic heterocycles. The molecule has 1 heterocycles. The molecule has 0 saturated heterocycles. The molecule has 2 rings (SSSR count). The van der Waals surface area contributed by atoms with Crippen molar-refractivity contribution in [2.75, 3.05) is 13.7 Å². The van der Waals surface area contributed by atoms with Crippen molar-refractivity contribution >= 4 is 11.3 Å². The zero-order valence-corrected chi connectivity index (χ0v) is 12.7. The Morgan fingerprint density at radius 2 is 2.21 bits per heavy atom. The summed E-state index contributed by atoms with van der Waals surface area (Å²) in [6.07, 6.45) is 1.97. The maximum atomic E-state index is 5.28. The minimum atomic E-state index is 0.357. The number of ether oxygens (including phenoxy) is 1. The van der Waals surface area contributed by atoms with Crippen molar-refractivity contribution in [1.82, 2.24) is 10.3 Å². The van der Waals surface area contributed by atoms with Crippen molar-refractivity contribution in [3.8, 4) is 16.3 Å². The summed E-state index contributed by atoms with van der Waals surface area (Å²) in [7, 11) is 1.70. The molecule has 0 bridgehead atoms. The van der Waals surface area contributed by atoms with Gasteiger partial charge in [0.1, 0.15) is 10.8 Å². The maximum absolute atomic E-state index is 5.28. The highest BCUT2D eigenvalue weighted by Crippen LogP contribution is 2.31. The van der Waals surface area contributed by atoms with Gasteiger partial charge < -0.3 is 10.1 Å². The molecule has 1 N–H and O–H groups in total. The lowest BCUT2D eigenvalue weighted by atomic mass is 10.1. The Balaban J connectivity index is 2.25. The summed E-state index contributed by atoms with van der Waals surface area (Å²) in [5, 5.41) is 4.47. The summed E-state index contributed by atoms with van der Waals surface area (Å²) < 4.78 is 5.28. The Kier molecular flexibility index (Phi) is 4.56. The molecule has 0 amide bonds. The van der Waals surface area contributed by atoms with Crippen LogP contribution in [0.4, 0.5) is 0 Å². The van der Waals surface area contributed by atoms with Gasteiger partial charge in [-0.05, 0) is 44.2 Å². The second kappa shape index (κ2) is 6.17. The van der Waals surface area contributed by atoms with E-state index >= 15 is 0 Å². The van der Waals surface area contributed by atoms with Gasteiger partial charge in [0.25, 0.3) is 0 Å². The van der Waals surface area contributed by atoms with Crippen LogP contribution < -0.4 is 10.1 Å². The molecule has 0 saturated carbocycles. The first-order valence-corrected chi connectivity index (χ1v) is 7.31. The minimum absolute atomic E-state index is 0.357. The summed E-state index contributed by atoms with van der Waals surface area (Å²) in [5.74, 6) is 0.918. The van der Waals surface area contributed by atoms with E-state index in [0.29, 0.717) is 6.04 Å². The highest BCUT2D eigenvalue weighted by atomic mass is 32.1. The number of rotatable bonds is 5. The first kappa shape index (κ1) is 14.0. The lowest BCUT2D eigenvalue weighted by Gasteiger charge is -2.08. The van der Waals surface area contributed by atoms with Crippen LogP contribution in [0.1, 0.15) is 30.3 Å². The number of aryl methyl sites for hydroxylation is 1. The van der Waals surface area contributed by atoms with Crippen molar-refractivity contribution in [3.05, 3.63) is 34.8 Å². The molecule has 0 spiro atoms. The number of methoxy groups -OCH3 is 1. The van der Waals surface area contributed by atoms with Crippen molar-refractivity contribution < 1.29 is 4.74 Å². The Morgan fingerprint density at radius 3 is 2.84 bits per heavy atom. The lowest BCUT2D eigenvalue weighted by Crippen LogP contribution is -2.16. The lowest BCUT2D eigenvalue weighted by molar-refractivity contribution is 0.412. The van der Waals surface area contributed by atoms with E-state index in [2.05, 4.69) is 43.2 Å². The normalized spacial score (nSPS) is 12.4.